The van der Waals surface area contributed by atoms with Crippen molar-refractivity contribution in [3.8, 4) is 0 Å². The molecule has 1 aromatic carbocycles. The quantitative estimate of drug-likeness (QED) is 0.393. The maximum absolute atomic E-state index is 13.4. The van der Waals surface area contributed by atoms with Gasteiger partial charge >= 0.3 is 0 Å². The number of nitrogens with one attached hydrogen (secondary N) is 2. The lowest BCUT2D eigenvalue weighted by Gasteiger charge is -2.33. The van der Waals surface area contributed by atoms with Gasteiger partial charge in [-0.2, -0.15) is 0 Å². The highest BCUT2D eigenvalue weighted by atomic mass is 127. The Morgan fingerprint density at radius 2 is 2.00 bits per heavy atom. The SMILES string of the molecule is CN=C(NCc1oc2ccc(F)cc2c1C)NC1CCN(C2CC2)CC1.I. The van der Waals surface area contributed by atoms with Gasteiger partial charge < -0.3 is 20.0 Å². The van der Waals surface area contributed by atoms with Gasteiger partial charge in [0.15, 0.2) is 5.96 Å². The van der Waals surface area contributed by atoms with E-state index in [0.717, 1.165) is 47.1 Å². The average Bonchev–Trinajstić information content (AvgIpc) is 3.45. The molecule has 0 spiro atoms. The van der Waals surface area contributed by atoms with Crippen LogP contribution in [0.3, 0.4) is 0 Å². The number of nitrogens with zero attached hydrogens (tertiary/aromatic N) is 2. The third-order valence-electron chi connectivity index (χ3n) is 5.57. The smallest absolute Gasteiger partial charge is 0.191 e. The zero-order valence-electron chi connectivity index (χ0n) is 15.9. The molecule has 2 aliphatic rings. The molecule has 1 aliphatic heterocycles. The molecule has 0 radical (unpaired) electrons. The molecule has 2 fully saturated rings. The molecule has 4 rings (SSSR count). The molecular formula is C20H28FIN4O. The van der Waals surface area contributed by atoms with E-state index < -0.39 is 0 Å². The van der Waals surface area contributed by atoms with Gasteiger partial charge in [-0.3, -0.25) is 4.99 Å². The molecule has 7 heteroatoms. The Hall–Kier alpha value is -1.35. The highest BCUT2D eigenvalue weighted by molar-refractivity contribution is 14.0. The zero-order valence-corrected chi connectivity index (χ0v) is 18.3. The Morgan fingerprint density at radius 3 is 2.67 bits per heavy atom. The Labute approximate surface area is 176 Å². The number of hydrogen-bond donors (Lipinski definition) is 2. The van der Waals surface area contributed by atoms with E-state index in [4.69, 9.17) is 4.42 Å². The number of piperidine rings is 1. The van der Waals surface area contributed by atoms with E-state index in [1.165, 1.54) is 38.1 Å². The first-order chi connectivity index (χ1) is 12.6. The maximum atomic E-state index is 13.4. The van der Waals surface area contributed by atoms with Gasteiger partial charge in [0, 0.05) is 43.2 Å². The monoisotopic (exact) mass is 486 g/mol. The Kier molecular flexibility index (Phi) is 6.62. The normalized spacial score (nSPS) is 19.1. The largest absolute Gasteiger partial charge is 0.459 e. The molecule has 2 heterocycles. The summed E-state index contributed by atoms with van der Waals surface area (Å²) in [6.07, 6.45) is 5.06. The minimum Gasteiger partial charge on any atom is -0.459 e. The van der Waals surface area contributed by atoms with Crippen LogP contribution in [0.2, 0.25) is 0 Å². The predicted molar refractivity (Wildman–Crippen MR) is 117 cm³/mol. The first kappa shape index (κ1) is 20.4. The number of rotatable bonds is 4. The molecule has 5 nitrogen and oxygen atoms in total. The van der Waals surface area contributed by atoms with Crippen molar-refractivity contribution in [2.75, 3.05) is 20.1 Å². The summed E-state index contributed by atoms with van der Waals surface area (Å²) in [4.78, 5) is 6.96. The van der Waals surface area contributed by atoms with Crippen molar-refractivity contribution in [2.24, 2.45) is 4.99 Å². The molecule has 2 N–H and O–H groups in total. The van der Waals surface area contributed by atoms with Crippen molar-refractivity contribution in [1.82, 2.24) is 15.5 Å². The molecule has 1 saturated heterocycles. The van der Waals surface area contributed by atoms with Gasteiger partial charge in [-0.1, -0.05) is 0 Å². The summed E-state index contributed by atoms with van der Waals surface area (Å²) in [5.74, 6) is 1.37. The lowest BCUT2D eigenvalue weighted by Crippen LogP contribution is -2.48. The van der Waals surface area contributed by atoms with E-state index >= 15 is 0 Å². The molecule has 2 aromatic rings. The predicted octanol–water partition coefficient (Wildman–Crippen LogP) is 3.79. The summed E-state index contributed by atoms with van der Waals surface area (Å²) >= 11 is 0. The van der Waals surface area contributed by atoms with Gasteiger partial charge in [0.05, 0.1) is 6.54 Å². The van der Waals surface area contributed by atoms with Crippen LogP contribution in [0.5, 0.6) is 0 Å². The van der Waals surface area contributed by atoms with Crippen LogP contribution in [-0.2, 0) is 6.54 Å². The number of likely N-dealkylation sites (tertiary alicyclic amines) is 1. The van der Waals surface area contributed by atoms with Gasteiger partial charge in [-0.05, 0) is 50.8 Å². The lowest BCUT2D eigenvalue weighted by molar-refractivity contribution is 0.197. The second-order valence-electron chi connectivity index (χ2n) is 7.40. The van der Waals surface area contributed by atoms with Crippen molar-refractivity contribution in [3.05, 3.63) is 35.3 Å². The van der Waals surface area contributed by atoms with Crippen molar-refractivity contribution in [1.29, 1.82) is 0 Å². The van der Waals surface area contributed by atoms with Crippen molar-refractivity contribution in [2.45, 2.75) is 51.2 Å². The molecule has 1 saturated carbocycles. The van der Waals surface area contributed by atoms with E-state index in [1.807, 2.05) is 6.92 Å². The van der Waals surface area contributed by atoms with Gasteiger partial charge in [0.25, 0.3) is 0 Å². The van der Waals surface area contributed by atoms with Crippen LogP contribution in [0, 0.1) is 12.7 Å². The van der Waals surface area contributed by atoms with E-state index in [9.17, 15) is 4.39 Å². The molecule has 1 aromatic heterocycles. The summed E-state index contributed by atoms with van der Waals surface area (Å²) in [5.41, 5.74) is 1.69. The van der Waals surface area contributed by atoms with E-state index in [0.29, 0.717) is 12.6 Å². The van der Waals surface area contributed by atoms with Crippen LogP contribution in [0.25, 0.3) is 11.0 Å². The van der Waals surface area contributed by atoms with Gasteiger partial charge in [-0.25, -0.2) is 4.39 Å². The number of fused-ring (bicyclic) bond motifs is 1. The fourth-order valence-corrected chi connectivity index (χ4v) is 3.81. The van der Waals surface area contributed by atoms with Crippen LogP contribution >= 0.6 is 24.0 Å². The van der Waals surface area contributed by atoms with Crippen LogP contribution in [0.15, 0.2) is 27.6 Å². The van der Waals surface area contributed by atoms with Crippen LogP contribution in [-0.4, -0.2) is 43.1 Å². The molecule has 0 bridgehead atoms. The summed E-state index contributed by atoms with van der Waals surface area (Å²) in [6, 6.07) is 5.95. The highest BCUT2D eigenvalue weighted by Crippen LogP contribution is 2.29. The maximum Gasteiger partial charge on any atom is 0.191 e. The molecule has 0 unspecified atom stereocenters. The van der Waals surface area contributed by atoms with Crippen LogP contribution in [0.4, 0.5) is 4.39 Å². The zero-order chi connectivity index (χ0) is 18.1. The Morgan fingerprint density at radius 1 is 1.26 bits per heavy atom. The molecular weight excluding hydrogens is 458 g/mol. The van der Waals surface area contributed by atoms with Crippen LogP contribution < -0.4 is 10.6 Å². The van der Waals surface area contributed by atoms with Gasteiger partial charge in [0.1, 0.15) is 17.2 Å². The number of hydrogen-bond acceptors (Lipinski definition) is 3. The summed E-state index contributed by atoms with van der Waals surface area (Å²) in [7, 11) is 1.79. The first-order valence-electron chi connectivity index (χ1n) is 9.53. The number of guanidine groups is 1. The van der Waals surface area contributed by atoms with Crippen molar-refractivity contribution < 1.29 is 8.81 Å². The fraction of sp³-hybridized carbons (Fsp3) is 0.550. The minimum atomic E-state index is -0.240. The standard InChI is InChI=1S/C20H27FN4O.HI/c1-13-17-11-14(21)3-6-18(17)26-19(13)12-23-20(22-2)24-15-7-9-25(10-8-15)16-4-5-16;/h3,6,11,15-16H,4-5,7-10,12H2,1-2H3,(H2,22,23,24);1H. The number of aliphatic imine (C=N–C) groups is 1. The number of halogens is 2. The van der Waals surface area contributed by atoms with Crippen molar-refractivity contribution in [3.63, 3.8) is 0 Å². The topological polar surface area (TPSA) is 52.8 Å². The first-order valence-corrected chi connectivity index (χ1v) is 9.53. The number of benzene rings is 1. The molecule has 27 heavy (non-hydrogen) atoms. The summed E-state index contributed by atoms with van der Waals surface area (Å²) in [5, 5.41) is 7.69. The summed E-state index contributed by atoms with van der Waals surface area (Å²) in [6.45, 7) is 4.84. The second-order valence-corrected chi connectivity index (χ2v) is 7.40. The number of furan rings is 1. The summed E-state index contributed by atoms with van der Waals surface area (Å²) < 4.78 is 19.3. The molecule has 0 atom stereocenters. The molecule has 148 valence electrons. The third-order valence-corrected chi connectivity index (χ3v) is 5.57. The third kappa shape index (κ3) is 4.74. The van der Waals surface area contributed by atoms with E-state index in [-0.39, 0.29) is 29.8 Å². The van der Waals surface area contributed by atoms with Gasteiger partial charge in [-0.15, -0.1) is 24.0 Å². The Balaban J connectivity index is 0.00000210. The lowest BCUT2D eigenvalue weighted by atomic mass is 10.1. The molecule has 0 amide bonds. The van der Waals surface area contributed by atoms with Crippen LogP contribution in [0.1, 0.15) is 37.0 Å². The van der Waals surface area contributed by atoms with E-state index in [2.05, 4.69) is 20.5 Å². The average molecular weight is 486 g/mol. The highest BCUT2D eigenvalue weighted by Gasteiger charge is 2.31. The van der Waals surface area contributed by atoms with Crippen molar-refractivity contribution >= 4 is 40.9 Å². The number of aryl methyl sites for hydroxylation is 1. The Bertz CT molecular complexity index is 810. The minimum absolute atomic E-state index is 0. The van der Waals surface area contributed by atoms with E-state index in [1.54, 1.807) is 13.1 Å². The second kappa shape index (κ2) is 8.77. The fourth-order valence-electron chi connectivity index (χ4n) is 3.81. The van der Waals surface area contributed by atoms with Gasteiger partial charge in [0.2, 0.25) is 0 Å². The molecule has 1 aliphatic carbocycles.